The van der Waals surface area contributed by atoms with Gasteiger partial charge in [0.25, 0.3) is 0 Å². The van der Waals surface area contributed by atoms with Gasteiger partial charge in [-0.05, 0) is 18.2 Å². The Labute approximate surface area is 96.8 Å². The summed E-state index contributed by atoms with van der Waals surface area (Å²) < 4.78 is 10.5. The highest BCUT2D eigenvalue weighted by Gasteiger charge is 2.16. The van der Waals surface area contributed by atoms with Crippen molar-refractivity contribution in [2.75, 3.05) is 25.1 Å². The molecule has 1 aliphatic heterocycles. The lowest BCUT2D eigenvalue weighted by Gasteiger charge is -2.27. The van der Waals surface area contributed by atoms with Crippen molar-refractivity contribution in [2.24, 2.45) is 0 Å². The Morgan fingerprint density at radius 1 is 1.47 bits per heavy atom. The normalized spacial score (nSPS) is 14.3. The molecule has 0 unspecified atom stereocenters. The van der Waals surface area contributed by atoms with Crippen molar-refractivity contribution < 1.29 is 9.15 Å². The van der Waals surface area contributed by atoms with E-state index in [4.69, 9.17) is 9.15 Å². The summed E-state index contributed by atoms with van der Waals surface area (Å²) in [5.74, 6) is 0.493. The van der Waals surface area contributed by atoms with E-state index < -0.39 is 5.76 Å². The number of benzene rings is 1. The molecular weight excluding hydrogens is 222 g/mol. The molecule has 0 bridgehead atoms. The van der Waals surface area contributed by atoms with E-state index >= 15 is 0 Å². The molecule has 88 valence electrons. The zero-order chi connectivity index (χ0) is 11.8. The van der Waals surface area contributed by atoms with Gasteiger partial charge < -0.3 is 14.1 Å². The zero-order valence-electron chi connectivity index (χ0n) is 9.27. The molecule has 1 N–H and O–H groups in total. The number of H-pyrrole nitrogens is 1. The van der Waals surface area contributed by atoms with Crippen molar-refractivity contribution in [1.82, 2.24) is 10.2 Å². The molecule has 17 heavy (non-hydrogen) atoms. The molecule has 1 aromatic heterocycles. The van der Waals surface area contributed by atoms with Gasteiger partial charge in [0.05, 0.1) is 12.2 Å². The standard InChI is InChI=1S/C11H11N3O3/c1-14-4-5-16-9-6-7(2-3-8(9)14)10-12-13-11(15)17-10/h2-3,6H,4-5H2,1H3,(H,13,15). The number of rotatable bonds is 1. The Bertz CT molecular complexity index is 602. The average Bonchev–Trinajstić information content (AvgIpc) is 2.76. The lowest BCUT2D eigenvalue weighted by molar-refractivity contribution is 0.311. The van der Waals surface area contributed by atoms with Crippen LogP contribution < -0.4 is 15.4 Å². The number of ether oxygens (including phenoxy) is 1. The van der Waals surface area contributed by atoms with Gasteiger partial charge in [-0.25, -0.2) is 9.89 Å². The van der Waals surface area contributed by atoms with Crippen LogP contribution in [0, 0.1) is 0 Å². The van der Waals surface area contributed by atoms with Crippen LogP contribution >= 0.6 is 0 Å². The fourth-order valence-corrected chi connectivity index (χ4v) is 1.84. The maximum atomic E-state index is 10.9. The minimum absolute atomic E-state index is 0.273. The topological polar surface area (TPSA) is 71.4 Å². The minimum Gasteiger partial charge on any atom is -0.490 e. The van der Waals surface area contributed by atoms with Gasteiger partial charge in [0.1, 0.15) is 12.4 Å². The molecule has 2 heterocycles. The largest absolute Gasteiger partial charge is 0.490 e. The SMILES string of the molecule is CN1CCOc2cc(-c3n[nH]c(=O)o3)ccc21. The number of aromatic amines is 1. The van der Waals surface area contributed by atoms with E-state index in [2.05, 4.69) is 15.1 Å². The molecule has 2 aromatic rings. The fourth-order valence-electron chi connectivity index (χ4n) is 1.84. The first-order chi connectivity index (χ1) is 8.24. The number of nitrogens with one attached hydrogen (secondary N) is 1. The van der Waals surface area contributed by atoms with Crippen LogP contribution in [0.25, 0.3) is 11.5 Å². The molecule has 1 aliphatic rings. The Hall–Kier alpha value is -2.24. The van der Waals surface area contributed by atoms with Crippen LogP contribution in [0.5, 0.6) is 5.75 Å². The maximum absolute atomic E-state index is 10.9. The highest BCUT2D eigenvalue weighted by molar-refractivity contribution is 5.67. The average molecular weight is 233 g/mol. The van der Waals surface area contributed by atoms with E-state index in [1.165, 1.54) is 0 Å². The molecule has 0 amide bonds. The Kier molecular flexibility index (Phi) is 2.14. The molecule has 0 aliphatic carbocycles. The third kappa shape index (κ3) is 1.67. The van der Waals surface area contributed by atoms with Crippen LogP contribution in [0.1, 0.15) is 0 Å². The zero-order valence-corrected chi connectivity index (χ0v) is 9.27. The Balaban J connectivity index is 2.06. The van der Waals surface area contributed by atoms with Crippen molar-refractivity contribution in [3.8, 4) is 17.2 Å². The Morgan fingerprint density at radius 2 is 2.35 bits per heavy atom. The van der Waals surface area contributed by atoms with Crippen molar-refractivity contribution >= 4 is 5.69 Å². The van der Waals surface area contributed by atoms with Gasteiger partial charge in [-0.3, -0.25) is 0 Å². The van der Waals surface area contributed by atoms with Crippen molar-refractivity contribution in [1.29, 1.82) is 0 Å². The number of likely N-dealkylation sites (N-methyl/N-ethyl adjacent to an activating group) is 1. The molecule has 0 fully saturated rings. The molecule has 0 spiro atoms. The summed E-state index contributed by atoms with van der Waals surface area (Å²) in [6.45, 7) is 1.52. The first-order valence-corrected chi connectivity index (χ1v) is 5.28. The van der Waals surface area contributed by atoms with E-state index in [9.17, 15) is 4.79 Å². The summed E-state index contributed by atoms with van der Waals surface area (Å²) in [6, 6.07) is 5.60. The summed E-state index contributed by atoms with van der Waals surface area (Å²) in [5, 5.41) is 6.01. The van der Waals surface area contributed by atoms with Crippen LogP contribution in [-0.2, 0) is 0 Å². The van der Waals surface area contributed by atoms with Crippen molar-refractivity contribution in [2.45, 2.75) is 0 Å². The third-order valence-corrected chi connectivity index (χ3v) is 2.74. The number of aromatic nitrogens is 2. The number of nitrogens with zero attached hydrogens (tertiary/aromatic N) is 2. The molecule has 3 rings (SSSR count). The minimum atomic E-state index is -0.559. The summed E-state index contributed by atoms with van der Waals surface area (Å²) in [5.41, 5.74) is 1.75. The van der Waals surface area contributed by atoms with Gasteiger partial charge in [-0.2, -0.15) is 0 Å². The van der Waals surface area contributed by atoms with Crippen LogP contribution in [0.4, 0.5) is 5.69 Å². The van der Waals surface area contributed by atoms with E-state index in [0.717, 1.165) is 23.5 Å². The van der Waals surface area contributed by atoms with Crippen LogP contribution in [0.2, 0.25) is 0 Å². The second-order valence-electron chi connectivity index (χ2n) is 3.87. The van der Waals surface area contributed by atoms with E-state index in [-0.39, 0.29) is 5.89 Å². The van der Waals surface area contributed by atoms with Gasteiger partial charge >= 0.3 is 5.76 Å². The van der Waals surface area contributed by atoms with Crippen LogP contribution in [-0.4, -0.2) is 30.4 Å². The maximum Gasteiger partial charge on any atom is 0.434 e. The molecule has 0 saturated carbocycles. The summed E-state index contributed by atoms with van der Waals surface area (Å²) in [7, 11) is 2.01. The van der Waals surface area contributed by atoms with Crippen LogP contribution in [0.15, 0.2) is 27.4 Å². The third-order valence-electron chi connectivity index (χ3n) is 2.74. The lowest BCUT2D eigenvalue weighted by Crippen LogP contribution is -2.28. The summed E-state index contributed by atoms with van der Waals surface area (Å²) >= 11 is 0. The number of hydrogen-bond donors (Lipinski definition) is 1. The quantitative estimate of drug-likeness (QED) is 0.790. The predicted molar refractivity (Wildman–Crippen MR) is 61.3 cm³/mol. The first-order valence-electron chi connectivity index (χ1n) is 5.28. The number of anilines is 1. The lowest BCUT2D eigenvalue weighted by atomic mass is 10.1. The van der Waals surface area contributed by atoms with Crippen molar-refractivity contribution in [3.05, 3.63) is 28.7 Å². The highest BCUT2D eigenvalue weighted by Crippen LogP contribution is 2.33. The van der Waals surface area contributed by atoms with Gasteiger partial charge in [0.15, 0.2) is 0 Å². The molecule has 1 aromatic carbocycles. The molecule has 6 nitrogen and oxygen atoms in total. The molecule has 6 heteroatoms. The smallest absolute Gasteiger partial charge is 0.434 e. The van der Waals surface area contributed by atoms with E-state index in [1.54, 1.807) is 0 Å². The summed E-state index contributed by atoms with van der Waals surface area (Å²) in [4.78, 5) is 13.0. The Morgan fingerprint density at radius 3 is 3.12 bits per heavy atom. The van der Waals surface area contributed by atoms with Gasteiger partial charge in [0.2, 0.25) is 5.89 Å². The van der Waals surface area contributed by atoms with Gasteiger partial charge in [0, 0.05) is 12.6 Å². The summed E-state index contributed by atoms with van der Waals surface area (Å²) in [6.07, 6.45) is 0. The second kappa shape index (κ2) is 3.65. The van der Waals surface area contributed by atoms with Gasteiger partial charge in [-0.15, -0.1) is 5.10 Å². The highest BCUT2D eigenvalue weighted by atomic mass is 16.5. The molecule has 0 saturated heterocycles. The molecule has 0 atom stereocenters. The second-order valence-corrected chi connectivity index (χ2v) is 3.87. The van der Waals surface area contributed by atoms with E-state index in [1.807, 2.05) is 25.2 Å². The number of fused-ring (bicyclic) bond motifs is 1. The van der Waals surface area contributed by atoms with Crippen LogP contribution in [0.3, 0.4) is 0 Å². The van der Waals surface area contributed by atoms with E-state index in [0.29, 0.717) is 6.61 Å². The molecular formula is C11H11N3O3. The predicted octanol–water partition coefficient (Wildman–Crippen LogP) is 0.858. The monoisotopic (exact) mass is 233 g/mol. The van der Waals surface area contributed by atoms with Gasteiger partial charge in [-0.1, -0.05) is 0 Å². The molecule has 0 radical (unpaired) electrons. The number of hydrogen-bond acceptors (Lipinski definition) is 5. The fraction of sp³-hybridized carbons (Fsp3) is 0.273. The first kappa shape index (κ1) is 9.95. The van der Waals surface area contributed by atoms with Crippen molar-refractivity contribution in [3.63, 3.8) is 0 Å².